The molecule has 9 nitrogen and oxygen atoms in total. The van der Waals surface area contributed by atoms with E-state index in [2.05, 4.69) is 20.7 Å². The molecule has 2 atom stereocenters. The Morgan fingerprint density at radius 1 is 0.784 bits per heavy atom. The zero-order chi connectivity index (χ0) is 25.9. The first-order valence-corrected chi connectivity index (χ1v) is 11.8. The summed E-state index contributed by atoms with van der Waals surface area (Å²) in [7, 11) is 0. The smallest absolute Gasteiger partial charge is 0.344 e. The van der Waals surface area contributed by atoms with Crippen molar-refractivity contribution < 1.29 is 19.1 Å². The van der Waals surface area contributed by atoms with Crippen LogP contribution in [0.4, 0.5) is 4.79 Å². The van der Waals surface area contributed by atoms with Gasteiger partial charge in [-0.1, -0.05) is 78.9 Å². The first kappa shape index (κ1) is 25.3. The third kappa shape index (κ3) is 7.60. The number of nitrogens with zero attached hydrogens (tertiary/aromatic N) is 3. The molecule has 0 saturated carbocycles. The highest BCUT2D eigenvalue weighted by atomic mass is 16.5. The lowest BCUT2D eigenvalue weighted by atomic mass is 10.1. The average Bonchev–Trinajstić information content (AvgIpc) is 3.48. The van der Waals surface area contributed by atoms with Crippen LogP contribution >= 0.6 is 0 Å². The van der Waals surface area contributed by atoms with Gasteiger partial charge in [-0.3, -0.25) is 4.79 Å². The van der Waals surface area contributed by atoms with E-state index in [0.29, 0.717) is 12.0 Å². The number of hydrogen-bond acceptors (Lipinski definition) is 6. The lowest BCUT2D eigenvalue weighted by Crippen LogP contribution is -2.47. The van der Waals surface area contributed by atoms with Gasteiger partial charge in [-0.2, -0.15) is 9.78 Å². The van der Waals surface area contributed by atoms with E-state index in [1.54, 1.807) is 24.3 Å². The second-order valence-corrected chi connectivity index (χ2v) is 8.39. The van der Waals surface area contributed by atoms with Crippen molar-refractivity contribution in [2.24, 2.45) is 0 Å². The van der Waals surface area contributed by atoms with E-state index < -0.39 is 24.1 Å². The Labute approximate surface area is 214 Å². The minimum Gasteiger partial charge on any atom is -0.462 e. The number of esters is 1. The van der Waals surface area contributed by atoms with Gasteiger partial charge in [0.25, 0.3) is 5.91 Å². The largest absolute Gasteiger partial charge is 0.462 e. The monoisotopic (exact) mass is 497 g/mol. The Hall–Kier alpha value is -4.79. The van der Waals surface area contributed by atoms with E-state index >= 15 is 0 Å². The summed E-state index contributed by atoms with van der Waals surface area (Å²) in [4.78, 5) is 42.3. The molecule has 1 aromatic heterocycles. The quantitative estimate of drug-likeness (QED) is 0.326. The molecule has 2 N–H and O–H groups in total. The maximum absolute atomic E-state index is 13.2. The molecule has 2 amide bonds. The SMILES string of the molecule is O=C(NC(COC(=O)C(Cc1ccccc1)NC(=O)n1cncn1)Cc1ccccc1)c1ccccc1. The lowest BCUT2D eigenvalue weighted by Gasteiger charge is -2.22. The number of carbonyl (C=O) groups is 3. The number of carbonyl (C=O) groups excluding carboxylic acids is 3. The Kier molecular flexibility index (Phi) is 8.74. The van der Waals surface area contributed by atoms with Gasteiger partial charge in [0.2, 0.25) is 0 Å². The van der Waals surface area contributed by atoms with Gasteiger partial charge < -0.3 is 15.4 Å². The Balaban J connectivity index is 1.46. The maximum Gasteiger partial charge on any atom is 0.344 e. The summed E-state index contributed by atoms with van der Waals surface area (Å²) in [5, 5.41) is 9.44. The van der Waals surface area contributed by atoms with Crippen LogP contribution in [-0.4, -0.2) is 51.4 Å². The predicted octanol–water partition coefficient (Wildman–Crippen LogP) is 3.03. The minimum atomic E-state index is -0.971. The molecule has 3 aromatic carbocycles. The zero-order valence-corrected chi connectivity index (χ0v) is 20.1. The van der Waals surface area contributed by atoms with Crippen LogP contribution in [0.3, 0.4) is 0 Å². The first-order valence-electron chi connectivity index (χ1n) is 11.8. The topological polar surface area (TPSA) is 115 Å². The second kappa shape index (κ2) is 12.8. The number of nitrogens with one attached hydrogen (secondary N) is 2. The summed E-state index contributed by atoms with van der Waals surface area (Å²) in [5.41, 5.74) is 2.34. The first-order chi connectivity index (χ1) is 18.1. The van der Waals surface area contributed by atoms with E-state index in [4.69, 9.17) is 4.74 Å². The number of ether oxygens (including phenoxy) is 1. The number of amides is 2. The summed E-state index contributed by atoms with van der Waals surface area (Å²) in [6.07, 6.45) is 3.16. The third-order valence-corrected chi connectivity index (χ3v) is 5.61. The molecule has 0 bridgehead atoms. The van der Waals surface area contributed by atoms with Gasteiger partial charge in [0.05, 0.1) is 6.04 Å². The molecule has 2 unspecified atom stereocenters. The highest BCUT2D eigenvalue weighted by Gasteiger charge is 2.25. The highest BCUT2D eigenvalue weighted by Crippen LogP contribution is 2.09. The molecule has 0 spiro atoms. The van der Waals surface area contributed by atoms with E-state index in [1.807, 2.05) is 66.7 Å². The van der Waals surface area contributed by atoms with Crippen LogP contribution in [0.15, 0.2) is 104 Å². The van der Waals surface area contributed by atoms with Crippen molar-refractivity contribution in [1.82, 2.24) is 25.4 Å². The third-order valence-electron chi connectivity index (χ3n) is 5.61. The van der Waals surface area contributed by atoms with Crippen LogP contribution in [0.5, 0.6) is 0 Å². The van der Waals surface area contributed by atoms with Gasteiger partial charge in [0.15, 0.2) is 0 Å². The van der Waals surface area contributed by atoms with Gasteiger partial charge in [0, 0.05) is 12.0 Å². The van der Waals surface area contributed by atoms with Gasteiger partial charge in [0.1, 0.15) is 25.3 Å². The van der Waals surface area contributed by atoms with Crippen LogP contribution in [0.2, 0.25) is 0 Å². The second-order valence-electron chi connectivity index (χ2n) is 8.39. The van der Waals surface area contributed by atoms with Crippen molar-refractivity contribution in [2.75, 3.05) is 6.61 Å². The van der Waals surface area contributed by atoms with Gasteiger partial charge in [-0.15, -0.1) is 0 Å². The van der Waals surface area contributed by atoms with E-state index in [-0.39, 0.29) is 18.9 Å². The van der Waals surface area contributed by atoms with Crippen molar-refractivity contribution in [3.05, 3.63) is 120 Å². The number of benzene rings is 3. The average molecular weight is 498 g/mol. The predicted molar refractivity (Wildman–Crippen MR) is 137 cm³/mol. The summed E-state index contributed by atoms with van der Waals surface area (Å²) in [6, 6.07) is 25.7. The standard InChI is InChI=1S/C28H27N5O4/c34-26(23-14-8-3-9-15-23)31-24(16-21-10-4-1-5-11-21)18-37-27(35)25(17-22-12-6-2-7-13-22)32-28(36)33-20-29-19-30-33/h1-15,19-20,24-25H,16-18H2,(H,31,34)(H,32,36). The van der Waals surface area contributed by atoms with Gasteiger partial charge >= 0.3 is 12.0 Å². The summed E-state index contributed by atoms with van der Waals surface area (Å²) >= 11 is 0. The lowest BCUT2D eigenvalue weighted by molar-refractivity contribution is -0.146. The van der Waals surface area contributed by atoms with E-state index in [1.165, 1.54) is 12.7 Å². The number of aromatic nitrogens is 3. The summed E-state index contributed by atoms with van der Waals surface area (Å²) < 4.78 is 6.66. The van der Waals surface area contributed by atoms with Crippen molar-refractivity contribution in [2.45, 2.75) is 24.9 Å². The molecule has 0 fully saturated rings. The van der Waals surface area contributed by atoms with Gasteiger partial charge in [-0.25, -0.2) is 14.6 Å². The van der Waals surface area contributed by atoms with Crippen molar-refractivity contribution >= 4 is 17.9 Å². The zero-order valence-electron chi connectivity index (χ0n) is 20.1. The van der Waals surface area contributed by atoms with Crippen LogP contribution in [0, 0.1) is 0 Å². The summed E-state index contributed by atoms with van der Waals surface area (Å²) in [5.74, 6) is -0.887. The molecule has 0 aliphatic carbocycles. The van der Waals surface area contributed by atoms with Crippen molar-refractivity contribution in [3.63, 3.8) is 0 Å². The molecule has 9 heteroatoms. The Morgan fingerprint density at radius 3 is 1.97 bits per heavy atom. The molecule has 1 heterocycles. The van der Waals surface area contributed by atoms with Crippen LogP contribution in [0.25, 0.3) is 0 Å². The number of rotatable bonds is 10. The van der Waals surface area contributed by atoms with Crippen molar-refractivity contribution in [3.8, 4) is 0 Å². The Bertz CT molecular complexity index is 1280. The van der Waals surface area contributed by atoms with Crippen LogP contribution in [-0.2, 0) is 22.4 Å². The molecule has 0 radical (unpaired) electrons. The van der Waals surface area contributed by atoms with Crippen molar-refractivity contribution in [1.29, 1.82) is 0 Å². The normalized spacial score (nSPS) is 12.2. The molecule has 0 saturated heterocycles. The number of hydrogen-bond donors (Lipinski definition) is 2. The molecule has 37 heavy (non-hydrogen) atoms. The molecule has 0 aliphatic heterocycles. The maximum atomic E-state index is 13.2. The van der Waals surface area contributed by atoms with Crippen LogP contribution in [0.1, 0.15) is 21.5 Å². The Morgan fingerprint density at radius 2 is 1.38 bits per heavy atom. The molecule has 4 aromatic rings. The molecule has 4 rings (SSSR count). The van der Waals surface area contributed by atoms with E-state index in [9.17, 15) is 14.4 Å². The molecule has 0 aliphatic rings. The molecular weight excluding hydrogens is 470 g/mol. The molecular formula is C28H27N5O4. The highest BCUT2D eigenvalue weighted by molar-refractivity contribution is 5.94. The molecule has 188 valence electrons. The fourth-order valence-electron chi connectivity index (χ4n) is 3.76. The fraction of sp³-hybridized carbons (Fsp3) is 0.179. The fourth-order valence-corrected chi connectivity index (χ4v) is 3.76. The van der Waals surface area contributed by atoms with Crippen LogP contribution < -0.4 is 10.6 Å². The summed E-state index contributed by atoms with van der Waals surface area (Å²) in [6.45, 7) is -0.0726. The van der Waals surface area contributed by atoms with E-state index in [0.717, 1.165) is 15.8 Å². The van der Waals surface area contributed by atoms with Gasteiger partial charge in [-0.05, 0) is 29.7 Å². The minimum absolute atomic E-state index is 0.0726.